The molecule has 0 radical (unpaired) electrons. The molecule has 0 fully saturated rings. The first-order valence-corrected chi connectivity index (χ1v) is 33.8. The van der Waals surface area contributed by atoms with Gasteiger partial charge in [0.15, 0.2) is 49.9 Å². The topological polar surface area (TPSA) is 27.7 Å². The second-order valence-electron chi connectivity index (χ2n) is 16.0. The van der Waals surface area contributed by atoms with Crippen LogP contribution < -0.4 is 0 Å². The van der Waals surface area contributed by atoms with Crippen LogP contribution in [0.15, 0.2) is 0 Å². The maximum absolute atomic E-state index is 6.64. The number of quaternary nitrogens is 1. The van der Waals surface area contributed by atoms with E-state index < -0.39 is 49.9 Å². The van der Waals surface area contributed by atoms with E-state index >= 15 is 0 Å². The van der Waals surface area contributed by atoms with Gasteiger partial charge in [-0.25, -0.2) is 0 Å². The van der Waals surface area contributed by atoms with E-state index in [-0.39, 0.29) is 0 Å². The lowest BCUT2D eigenvalue weighted by atomic mass is 10.2. The number of hydrogen-bond donors (Lipinski definition) is 0. The minimum atomic E-state index is -1.58. The highest BCUT2D eigenvalue weighted by molar-refractivity contribution is 6.85. The maximum atomic E-state index is 6.64. The van der Waals surface area contributed by atoms with Crippen molar-refractivity contribution in [2.45, 2.75) is 136 Å². The standard InChI is InChI=1S/C25H66NO3Si6/c1-26(20-17-23-33(11,12)27-30(2,3)4,21-18-24-34(13,14)28-31(5,6)7)22-19-25-35(15,16)29-32(8,9)10/h17-25H2,1-16H3/q+1. The molecular formula is C25H66NO3Si6+. The third-order valence-corrected chi connectivity index (χ3v) is 24.8. The summed E-state index contributed by atoms with van der Waals surface area (Å²) in [6, 6.07) is 3.84. The molecule has 0 aromatic carbocycles. The van der Waals surface area contributed by atoms with Crippen LogP contribution in [0.1, 0.15) is 19.3 Å². The lowest BCUT2D eigenvalue weighted by Gasteiger charge is -2.39. The Morgan fingerprint density at radius 1 is 0.400 bits per heavy atom. The van der Waals surface area contributed by atoms with Crippen LogP contribution in [-0.4, -0.2) is 81.1 Å². The molecular weight excluding hydrogens is 531 g/mol. The van der Waals surface area contributed by atoms with E-state index in [1.165, 1.54) is 61.5 Å². The van der Waals surface area contributed by atoms with Gasteiger partial charge in [0.25, 0.3) is 0 Å². The Morgan fingerprint density at radius 3 is 0.771 bits per heavy atom. The van der Waals surface area contributed by atoms with Gasteiger partial charge >= 0.3 is 0 Å². The highest BCUT2D eigenvalue weighted by atomic mass is 28.4. The Labute approximate surface area is 228 Å². The van der Waals surface area contributed by atoms with Gasteiger partial charge in [-0.1, -0.05) is 0 Å². The van der Waals surface area contributed by atoms with Crippen LogP contribution in [0.5, 0.6) is 0 Å². The van der Waals surface area contributed by atoms with Crippen LogP contribution in [0.4, 0.5) is 0 Å². The van der Waals surface area contributed by atoms with Crippen molar-refractivity contribution in [3.05, 3.63) is 0 Å². The number of rotatable bonds is 18. The molecule has 35 heavy (non-hydrogen) atoms. The second-order valence-corrected chi connectivity index (χ2v) is 43.2. The molecule has 0 unspecified atom stereocenters. The summed E-state index contributed by atoms with van der Waals surface area (Å²) in [7, 11) is -6.62. The summed E-state index contributed by atoms with van der Waals surface area (Å²) < 4.78 is 21.1. The molecule has 0 saturated carbocycles. The first-order valence-electron chi connectivity index (χ1n) is 14.2. The molecule has 10 heteroatoms. The molecule has 0 spiro atoms. The highest BCUT2D eigenvalue weighted by Crippen LogP contribution is 2.25. The third-order valence-electron chi connectivity index (χ3n) is 6.18. The fourth-order valence-electron chi connectivity index (χ4n) is 5.63. The first kappa shape index (κ1) is 36.1. The molecule has 0 atom stereocenters. The normalized spacial score (nSPS) is 15.1. The van der Waals surface area contributed by atoms with E-state index in [2.05, 4.69) is 105 Å². The molecule has 212 valence electrons. The zero-order valence-electron chi connectivity index (χ0n) is 27.0. The lowest BCUT2D eigenvalue weighted by Crippen LogP contribution is -2.49. The van der Waals surface area contributed by atoms with Crippen LogP contribution >= 0.6 is 0 Å². The Kier molecular flexibility index (Phi) is 13.9. The summed E-state index contributed by atoms with van der Waals surface area (Å²) in [4.78, 5) is 0. The first-order chi connectivity index (χ1) is 15.2. The van der Waals surface area contributed by atoms with Crippen LogP contribution in [0.2, 0.25) is 116 Å². The largest absolute Gasteiger partial charge is 0.456 e. The van der Waals surface area contributed by atoms with Crippen LogP contribution in [0, 0.1) is 0 Å². The fraction of sp³-hybridized carbons (Fsp3) is 1.00. The van der Waals surface area contributed by atoms with Gasteiger partial charge in [-0.3, -0.25) is 0 Å². The Morgan fingerprint density at radius 2 is 0.600 bits per heavy atom. The zero-order chi connectivity index (χ0) is 28.0. The number of hydrogen-bond acceptors (Lipinski definition) is 3. The van der Waals surface area contributed by atoms with Gasteiger partial charge < -0.3 is 16.8 Å². The number of nitrogens with zero attached hydrogens (tertiary/aromatic N) is 1. The van der Waals surface area contributed by atoms with Crippen molar-refractivity contribution >= 4 is 49.9 Å². The van der Waals surface area contributed by atoms with Crippen molar-refractivity contribution in [1.29, 1.82) is 0 Å². The van der Waals surface area contributed by atoms with Crippen LogP contribution in [0.25, 0.3) is 0 Å². The van der Waals surface area contributed by atoms with Gasteiger partial charge in [-0.2, -0.15) is 0 Å². The third kappa shape index (κ3) is 20.7. The molecule has 0 amide bonds. The van der Waals surface area contributed by atoms with Crippen molar-refractivity contribution in [2.75, 3.05) is 26.7 Å². The molecule has 0 saturated heterocycles. The van der Waals surface area contributed by atoms with Gasteiger partial charge in [0.2, 0.25) is 0 Å². The van der Waals surface area contributed by atoms with E-state index in [4.69, 9.17) is 12.3 Å². The average molecular weight is 597 g/mol. The van der Waals surface area contributed by atoms with Gasteiger partial charge in [0.1, 0.15) is 0 Å². The van der Waals surface area contributed by atoms with Gasteiger partial charge in [-0.15, -0.1) is 0 Å². The predicted molar refractivity (Wildman–Crippen MR) is 175 cm³/mol. The summed E-state index contributed by atoms with van der Waals surface area (Å²) in [5.74, 6) is 0. The molecule has 0 aliphatic rings. The molecule has 0 bridgehead atoms. The summed E-state index contributed by atoms with van der Waals surface area (Å²) >= 11 is 0. The summed E-state index contributed by atoms with van der Waals surface area (Å²) in [5.41, 5.74) is 0. The molecule has 4 nitrogen and oxygen atoms in total. The van der Waals surface area contributed by atoms with Crippen molar-refractivity contribution in [3.63, 3.8) is 0 Å². The molecule has 0 N–H and O–H groups in total. The van der Waals surface area contributed by atoms with Crippen molar-refractivity contribution in [2.24, 2.45) is 0 Å². The Hall–Kier alpha value is 1.14. The highest BCUT2D eigenvalue weighted by Gasteiger charge is 2.34. The summed E-state index contributed by atoms with van der Waals surface area (Å²) in [5, 5.41) is 0. The molecule has 0 aliphatic heterocycles. The maximum Gasteiger partial charge on any atom is 0.173 e. The Bertz CT molecular complexity index is 539. The quantitative estimate of drug-likeness (QED) is 0.117. The van der Waals surface area contributed by atoms with E-state index in [0.29, 0.717) is 0 Å². The molecule has 0 aromatic heterocycles. The summed E-state index contributed by atoms with van der Waals surface area (Å²) in [6.45, 7) is 39.4. The van der Waals surface area contributed by atoms with E-state index in [0.717, 1.165) is 0 Å². The SMILES string of the molecule is C[N+](CCC[Si](C)(C)O[Si](C)(C)C)(CCC[Si](C)(C)O[Si](C)(C)C)CCC[Si](C)(C)O[Si](C)(C)C. The van der Waals surface area contributed by atoms with Crippen molar-refractivity contribution in [1.82, 2.24) is 0 Å². The molecule has 0 rings (SSSR count). The van der Waals surface area contributed by atoms with Gasteiger partial charge in [-0.05, 0) is 136 Å². The van der Waals surface area contributed by atoms with Crippen molar-refractivity contribution < 1.29 is 16.8 Å². The Balaban J connectivity index is 5.16. The van der Waals surface area contributed by atoms with Crippen LogP contribution in [-0.2, 0) is 12.3 Å². The molecule has 0 aliphatic carbocycles. The van der Waals surface area contributed by atoms with Gasteiger partial charge in [0.05, 0.1) is 26.7 Å². The fourth-order valence-corrected chi connectivity index (χ4v) is 29.8. The van der Waals surface area contributed by atoms with E-state index in [1.54, 1.807) is 0 Å². The predicted octanol–water partition coefficient (Wildman–Crippen LogP) is 8.77. The monoisotopic (exact) mass is 596 g/mol. The smallest absolute Gasteiger partial charge is 0.173 e. The second kappa shape index (κ2) is 13.5. The minimum Gasteiger partial charge on any atom is -0.456 e. The van der Waals surface area contributed by atoms with E-state index in [9.17, 15) is 0 Å². The summed E-state index contributed by atoms with van der Waals surface area (Å²) in [6.07, 6.45) is 3.87. The molecule has 0 aromatic rings. The lowest BCUT2D eigenvalue weighted by molar-refractivity contribution is -0.909. The minimum absolute atomic E-state index is 1.20. The van der Waals surface area contributed by atoms with Crippen LogP contribution in [0.3, 0.4) is 0 Å². The van der Waals surface area contributed by atoms with Gasteiger partial charge in [0, 0.05) is 0 Å². The zero-order valence-corrected chi connectivity index (χ0v) is 33.0. The molecule has 0 heterocycles. The van der Waals surface area contributed by atoms with Crippen molar-refractivity contribution in [3.8, 4) is 0 Å². The van der Waals surface area contributed by atoms with E-state index in [1.807, 2.05) is 0 Å². The average Bonchev–Trinajstić information content (AvgIpc) is 2.46.